The Kier molecular flexibility index (Phi) is 8.72. The molecule has 1 heterocycles. The average molecular weight is 487 g/mol. The molecule has 0 aliphatic carbocycles. The predicted molar refractivity (Wildman–Crippen MR) is 131 cm³/mol. The summed E-state index contributed by atoms with van der Waals surface area (Å²) in [7, 11) is 5.49. The second kappa shape index (κ2) is 11.7. The highest BCUT2D eigenvalue weighted by atomic mass is 35.5. The number of carbonyl (C=O) groups excluding carboxylic acids is 1. The third-order valence-corrected chi connectivity index (χ3v) is 5.29. The molecule has 0 radical (unpaired) electrons. The number of allylic oxidation sites excluding steroid dienone is 1. The first-order valence-corrected chi connectivity index (χ1v) is 10.9. The molecule has 172 valence electrons. The van der Waals surface area contributed by atoms with E-state index in [2.05, 4.69) is 4.98 Å². The van der Waals surface area contributed by atoms with Crippen LogP contribution in [0.4, 0.5) is 0 Å². The maximum atomic E-state index is 12.9. The first kappa shape index (κ1) is 24.6. The summed E-state index contributed by atoms with van der Waals surface area (Å²) in [6.45, 7) is 1.11. The van der Waals surface area contributed by atoms with Crippen LogP contribution in [0.25, 0.3) is 6.08 Å². The molecular formula is C25H24Cl2N2O4. The van der Waals surface area contributed by atoms with Gasteiger partial charge in [0.2, 0.25) is 5.88 Å². The molecule has 8 heteroatoms. The van der Waals surface area contributed by atoms with Gasteiger partial charge in [0, 0.05) is 24.9 Å². The average Bonchev–Trinajstić information content (AvgIpc) is 2.81. The Morgan fingerprint density at radius 3 is 2.42 bits per heavy atom. The molecule has 33 heavy (non-hydrogen) atoms. The van der Waals surface area contributed by atoms with Gasteiger partial charge in [0.1, 0.15) is 12.4 Å². The Hall–Kier alpha value is -3.06. The highest BCUT2D eigenvalue weighted by Crippen LogP contribution is 2.38. The fourth-order valence-corrected chi connectivity index (χ4v) is 3.09. The lowest BCUT2D eigenvalue weighted by Crippen LogP contribution is -2.19. The van der Waals surface area contributed by atoms with Crippen molar-refractivity contribution in [1.29, 1.82) is 0 Å². The van der Waals surface area contributed by atoms with Crippen molar-refractivity contribution in [2.45, 2.75) is 0 Å². The maximum absolute atomic E-state index is 12.9. The number of ketones is 1. The molecule has 3 aromatic rings. The van der Waals surface area contributed by atoms with E-state index in [1.807, 2.05) is 43.3 Å². The van der Waals surface area contributed by atoms with Gasteiger partial charge < -0.3 is 19.1 Å². The van der Waals surface area contributed by atoms with Crippen molar-refractivity contribution in [2.75, 3.05) is 34.4 Å². The molecule has 3 rings (SSSR count). The third kappa shape index (κ3) is 6.96. The Balaban J connectivity index is 1.83. The van der Waals surface area contributed by atoms with E-state index in [1.54, 1.807) is 43.6 Å². The fraction of sp³-hybridized carbons (Fsp3) is 0.200. The van der Waals surface area contributed by atoms with Gasteiger partial charge >= 0.3 is 0 Å². The number of halogens is 2. The van der Waals surface area contributed by atoms with Crippen molar-refractivity contribution in [3.05, 3.63) is 82.0 Å². The van der Waals surface area contributed by atoms with Crippen LogP contribution in [-0.2, 0) is 0 Å². The number of ether oxygens (including phenoxy) is 3. The standard InChI is InChI=1S/C25H24Cl2N2O4/c1-29(2)13-14-32-23-15-20(26)21(27)16-24(23)33-25-19(5-4-12-28-25)22(30)11-8-17-6-9-18(31-3)10-7-17/h4-12,15-16H,13-14H2,1-3H3/b11-8+. The first-order chi connectivity index (χ1) is 15.9. The van der Waals surface area contributed by atoms with Gasteiger partial charge in [-0.05, 0) is 50.0 Å². The van der Waals surface area contributed by atoms with Crippen LogP contribution in [0.2, 0.25) is 10.0 Å². The lowest BCUT2D eigenvalue weighted by Gasteiger charge is -2.16. The number of pyridine rings is 1. The Labute approximate surface area is 203 Å². The zero-order chi connectivity index (χ0) is 23.8. The quantitative estimate of drug-likeness (QED) is 0.257. The molecule has 0 unspecified atom stereocenters. The first-order valence-electron chi connectivity index (χ1n) is 10.1. The maximum Gasteiger partial charge on any atom is 0.230 e. The van der Waals surface area contributed by atoms with E-state index in [9.17, 15) is 4.79 Å². The second-order valence-electron chi connectivity index (χ2n) is 7.29. The van der Waals surface area contributed by atoms with Crippen molar-refractivity contribution in [3.63, 3.8) is 0 Å². The molecule has 0 spiro atoms. The van der Waals surface area contributed by atoms with Gasteiger partial charge in [-0.15, -0.1) is 0 Å². The molecule has 6 nitrogen and oxygen atoms in total. The van der Waals surface area contributed by atoms with Gasteiger partial charge in [-0.1, -0.05) is 41.4 Å². The summed E-state index contributed by atoms with van der Waals surface area (Å²) in [4.78, 5) is 19.1. The van der Waals surface area contributed by atoms with E-state index in [0.717, 1.165) is 11.3 Å². The molecule has 0 saturated carbocycles. The van der Waals surface area contributed by atoms with Crippen LogP contribution in [0.1, 0.15) is 15.9 Å². The number of carbonyl (C=O) groups is 1. The summed E-state index contributed by atoms with van der Waals surface area (Å²) in [6.07, 6.45) is 4.73. The number of methoxy groups -OCH3 is 1. The summed E-state index contributed by atoms with van der Waals surface area (Å²) in [6, 6.07) is 13.8. The van der Waals surface area contributed by atoms with E-state index < -0.39 is 0 Å². The number of likely N-dealkylation sites (N-methyl/N-ethyl adjacent to an activating group) is 1. The lowest BCUT2D eigenvalue weighted by atomic mass is 10.1. The van der Waals surface area contributed by atoms with Gasteiger partial charge in [-0.3, -0.25) is 4.79 Å². The number of hydrogen-bond acceptors (Lipinski definition) is 6. The van der Waals surface area contributed by atoms with E-state index in [0.29, 0.717) is 40.3 Å². The summed E-state index contributed by atoms with van der Waals surface area (Å²) in [5.41, 5.74) is 1.16. The molecule has 0 aliphatic rings. The van der Waals surface area contributed by atoms with Crippen LogP contribution in [0.15, 0.2) is 60.8 Å². The molecule has 0 aliphatic heterocycles. The normalized spacial score (nSPS) is 11.1. The van der Waals surface area contributed by atoms with Gasteiger partial charge in [-0.2, -0.15) is 0 Å². The monoisotopic (exact) mass is 486 g/mol. The SMILES string of the molecule is COc1ccc(/C=C/C(=O)c2cccnc2Oc2cc(Cl)c(Cl)cc2OCCN(C)C)cc1. The fourth-order valence-electron chi connectivity index (χ4n) is 2.78. The summed E-state index contributed by atoms with van der Waals surface area (Å²) < 4.78 is 17.0. The highest BCUT2D eigenvalue weighted by molar-refractivity contribution is 6.42. The Morgan fingerprint density at radius 2 is 1.76 bits per heavy atom. The smallest absolute Gasteiger partial charge is 0.230 e. The molecule has 0 amide bonds. The van der Waals surface area contributed by atoms with Crippen molar-refractivity contribution in [3.8, 4) is 23.1 Å². The van der Waals surface area contributed by atoms with Crippen molar-refractivity contribution in [2.24, 2.45) is 0 Å². The van der Waals surface area contributed by atoms with Crippen molar-refractivity contribution >= 4 is 35.1 Å². The van der Waals surface area contributed by atoms with Gasteiger partial charge in [0.25, 0.3) is 0 Å². The van der Waals surface area contributed by atoms with Crippen molar-refractivity contribution in [1.82, 2.24) is 9.88 Å². The van der Waals surface area contributed by atoms with E-state index in [4.69, 9.17) is 37.4 Å². The number of rotatable bonds is 10. The molecule has 2 aromatic carbocycles. The van der Waals surface area contributed by atoms with Crippen LogP contribution in [0.5, 0.6) is 23.1 Å². The predicted octanol–water partition coefficient (Wildman–Crippen LogP) is 6.03. The largest absolute Gasteiger partial charge is 0.497 e. The molecule has 0 atom stereocenters. The molecule has 0 fully saturated rings. The lowest BCUT2D eigenvalue weighted by molar-refractivity contribution is 0.104. The third-order valence-electron chi connectivity index (χ3n) is 4.57. The highest BCUT2D eigenvalue weighted by Gasteiger charge is 2.17. The minimum Gasteiger partial charge on any atom is -0.497 e. The van der Waals surface area contributed by atoms with Gasteiger partial charge in [0.05, 0.1) is 22.7 Å². The second-order valence-corrected chi connectivity index (χ2v) is 8.11. The van der Waals surface area contributed by atoms with Crippen LogP contribution in [0.3, 0.4) is 0 Å². The van der Waals surface area contributed by atoms with Crippen LogP contribution < -0.4 is 14.2 Å². The van der Waals surface area contributed by atoms with E-state index in [1.165, 1.54) is 6.08 Å². The van der Waals surface area contributed by atoms with Gasteiger partial charge in [0.15, 0.2) is 17.3 Å². The minimum atomic E-state index is -0.260. The number of benzene rings is 2. The van der Waals surface area contributed by atoms with Crippen LogP contribution in [-0.4, -0.2) is 50.0 Å². The zero-order valence-corrected chi connectivity index (χ0v) is 20.1. The van der Waals surface area contributed by atoms with Crippen molar-refractivity contribution < 1.29 is 19.0 Å². The molecule has 0 saturated heterocycles. The zero-order valence-electron chi connectivity index (χ0n) is 18.5. The Bertz CT molecular complexity index is 1130. The van der Waals surface area contributed by atoms with Crippen LogP contribution in [0, 0.1) is 0 Å². The summed E-state index contributed by atoms with van der Waals surface area (Å²) >= 11 is 12.4. The number of nitrogens with zero attached hydrogens (tertiary/aromatic N) is 2. The molecular weight excluding hydrogens is 463 g/mol. The van der Waals surface area contributed by atoms with Crippen LogP contribution >= 0.6 is 23.2 Å². The van der Waals surface area contributed by atoms with E-state index in [-0.39, 0.29) is 11.7 Å². The number of hydrogen-bond donors (Lipinski definition) is 0. The number of aromatic nitrogens is 1. The Morgan fingerprint density at radius 1 is 1.06 bits per heavy atom. The van der Waals surface area contributed by atoms with Gasteiger partial charge in [-0.25, -0.2) is 4.98 Å². The summed E-state index contributed by atoms with van der Waals surface area (Å²) in [5, 5.41) is 0.637. The molecule has 1 aromatic heterocycles. The molecule has 0 bridgehead atoms. The topological polar surface area (TPSA) is 60.9 Å². The minimum absolute atomic E-state index is 0.137. The molecule has 0 N–H and O–H groups in total. The summed E-state index contributed by atoms with van der Waals surface area (Å²) in [5.74, 6) is 1.34. The van der Waals surface area contributed by atoms with E-state index >= 15 is 0 Å².